The van der Waals surface area contributed by atoms with Crippen molar-refractivity contribution >= 4 is 51.7 Å². The molecule has 4 rings (SSSR count). The number of piperazine rings is 1. The highest BCUT2D eigenvalue weighted by Gasteiger charge is 2.19. The molecule has 0 spiro atoms. The first kappa shape index (κ1) is 22.7. The average molecular weight is 469 g/mol. The number of thiazole rings is 1. The number of nitrogens with one attached hydrogen (secondary N) is 4. The Bertz CT molecular complexity index is 1080. The van der Waals surface area contributed by atoms with Crippen LogP contribution in [0.2, 0.25) is 0 Å². The van der Waals surface area contributed by atoms with Gasteiger partial charge in [-0.2, -0.15) is 15.0 Å². The summed E-state index contributed by atoms with van der Waals surface area (Å²) in [6.45, 7) is 8.02. The second-order valence-corrected chi connectivity index (χ2v) is 8.90. The number of carbonyl (C=O) groups is 1. The van der Waals surface area contributed by atoms with E-state index in [9.17, 15) is 4.79 Å². The van der Waals surface area contributed by atoms with Crippen LogP contribution < -0.4 is 26.2 Å². The van der Waals surface area contributed by atoms with Crippen LogP contribution in [0, 0.1) is 6.92 Å². The number of nitrogens with zero attached hydrogens (tertiary/aromatic N) is 6. The van der Waals surface area contributed by atoms with Crippen LogP contribution in [0.1, 0.15) is 11.8 Å². The van der Waals surface area contributed by atoms with E-state index in [1.807, 2.05) is 44.3 Å². The Morgan fingerprint density at radius 1 is 1.00 bits per heavy atom. The maximum Gasteiger partial charge on any atom is 0.319 e. The normalized spacial score (nSPS) is 14.1. The Kier molecular flexibility index (Phi) is 7.15. The Hall–Kier alpha value is -3.51. The van der Waals surface area contributed by atoms with E-state index in [4.69, 9.17) is 0 Å². The van der Waals surface area contributed by atoms with E-state index < -0.39 is 0 Å². The lowest BCUT2D eigenvalue weighted by Gasteiger charge is -2.32. The smallest absolute Gasteiger partial charge is 0.319 e. The van der Waals surface area contributed by atoms with Gasteiger partial charge in [-0.25, -0.2) is 9.78 Å². The largest absolute Gasteiger partial charge is 0.338 e. The maximum atomic E-state index is 11.7. The summed E-state index contributed by atoms with van der Waals surface area (Å²) >= 11 is 1.54. The molecule has 174 valence electrons. The first-order valence-electron chi connectivity index (χ1n) is 10.8. The molecule has 2 amide bonds. The molecular formula is C21H28N10OS. The van der Waals surface area contributed by atoms with Crippen LogP contribution in [-0.4, -0.2) is 70.6 Å². The van der Waals surface area contributed by atoms with E-state index >= 15 is 0 Å². The van der Waals surface area contributed by atoms with Crippen molar-refractivity contribution in [2.75, 3.05) is 60.6 Å². The van der Waals surface area contributed by atoms with Crippen LogP contribution in [0.25, 0.3) is 0 Å². The zero-order valence-electron chi connectivity index (χ0n) is 18.9. The standard InChI is InChI=1S/C21H28N10OS/c1-4-22-20(32)25-16-7-5-15(6-8-16)24-17-26-18(29-21-23-13-14(2)33-21)28-19(27-17)31-11-9-30(3)10-12-31/h5-8,13H,4,9-12H2,1-3H3,(H2,22,25,32)(H2,23,24,26,27,28,29). The fraction of sp³-hybridized carbons (Fsp3) is 0.381. The number of likely N-dealkylation sites (N-methyl/N-ethyl adjacent to an activating group) is 1. The van der Waals surface area contributed by atoms with Gasteiger partial charge in [0.15, 0.2) is 5.13 Å². The van der Waals surface area contributed by atoms with Gasteiger partial charge in [-0.3, -0.25) is 5.32 Å². The highest BCUT2D eigenvalue weighted by Crippen LogP contribution is 2.24. The van der Waals surface area contributed by atoms with Gasteiger partial charge in [0.2, 0.25) is 17.8 Å². The third kappa shape index (κ3) is 6.26. The van der Waals surface area contributed by atoms with Gasteiger partial charge in [0.1, 0.15) is 0 Å². The molecule has 3 aromatic rings. The fourth-order valence-corrected chi connectivity index (χ4v) is 3.89. The van der Waals surface area contributed by atoms with Crippen LogP contribution in [0.5, 0.6) is 0 Å². The lowest BCUT2D eigenvalue weighted by atomic mass is 10.3. The van der Waals surface area contributed by atoms with Gasteiger partial charge in [-0.1, -0.05) is 0 Å². The zero-order valence-corrected chi connectivity index (χ0v) is 19.7. The number of anilines is 6. The number of benzene rings is 1. The minimum atomic E-state index is -0.236. The zero-order chi connectivity index (χ0) is 23.2. The van der Waals surface area contributed by atoms with Crippen LogP contribution in [-0.2, 0) is 0 Å². The van der Waals surface area contributed by atoms with E-state index in [2.05, 4.69) is 58.1 Å². The van der Waals surface area contributed by atoms with Crippen molar-refractivity contribution in [3.05, 3.63) is 35.3 Å². The molecule has 3 heterocycles. The van der Waals surface area contributed by atoms with Crippen molar-refractivity contribution < 1.29 is 4.79 Å². The second kappa shape index (κ2) is 10.4. The minimum Gasteiger partial charge on any atom is -0.338 e. The molecule has 4 N–H and O–H groups in total. The highest BCUT2D eigenvalue weighted by atomic mass is 32.1. The number of aromatic nitrogens is 4. The third-order valence-electron chi connectivity index (χ3n) is 4.99. The first-order chi connectivity index (χ1) is 16.0. The molecule has 11 nitrogen and oxygen atoms in total. The fourth-order valence-electron chi connectivity index (χ4n) is 3.23. The number of aryl methyl sites for hydroxylation is 1. The molecule has 0 aliphatic carbocycles. The quantitative estimate of drug-likeness (QED) is 0.414. The number of hydrogen-bond acceptors (Lipinski definition) is 10. The summed E-state index contributed by atoms with van der Waals surface area (Å²) in [6.07, 6.45) is 1.81. The van der Waals surface area contributed by atoms with E-state index in [0.717, 1.165) is 41.9 Å². The van der Waals surface area contributed by atoms with Gasteiger partial charge < -0.3 is 25.8 Å². The van der Waals surface area contributed by atoms with Crippen molar-refractivity contribution in [3.8, 4) is 0 Å². The molecule has 2 aromatic heterocycles. The molecule has 1 fully saturated rings. The van der Waals surface area contributed by atoms with E-state index in [-0.39, 0.29) is 6.03 Å². The van der Waals surface area contributed by atoms with Crippen LogP contribution in [0.3, 0.4) is 0 Å². The maximum absolute atomic E-state index is 11.7. The van der Waals surface area contributed by atoms with Gasteiger partial charge in [0.25, 0.3) is 0 Å². The van der Waals surface area contributed by atoms with E-state index in [0.29, 0.717) is 30.1 Å². The summed E-state index contributed by atoms with van der Waals surface area (Å²) in [7, 11) is 2.11. The summed E-state index contributed by atoms with van der Waals surface area (Å²) in [5, 5.41) is 12.7. The number of amides is 2. The van der Waals surface area contributed by atoms with Crippen molar-refractivity contribution in [2.45, 2.75) is 13.8 Å². The van der Waals surface area contributed by atoms with E-state index in [1.54, 1.807) is 11.3 Å². The topological polar surface area (TPSA) is 123 Å². The number of urea groups is 1. The summed E-state index contributed by atoms with van der Waals surface area (Å²) in [6, 6.07) is 7.12. The van der Waals surface area contributed by atoms with Gasteiger partial charge in [0.05, 0.1) is 0 Å². The monoisotopic (exact) mass is 468 g/mol. The number of hydrogen-bond donors (Lipinski definition) is 4. The first-order valence-corrected chi connectivity index (χ1v) is 11.6. The average Bonchev–Trinajstić information content (AvgIpc) is 3.20. The summed E-state index contributed by atoms with van der Waals surface area (Å²) in [5.41, 5.74) is 1.49. The lowest BCUT2D eigenvalue weighted by Crippen LogP contribution is -2.45. The number of rotatable bonds is 7. The third-order valence-corrected chi connectivity index (χ3v) is 5.81. The molecule has 0 unspecified atom stereocenters. The minimum absolute atomic E-state index is 0.236. The molecule has 1 aliphatic heterocycles. The van der Waals surface area contributed by atoms with Crippen LogP contribution in [0.4, 0.5) is 39.1 Å². The van der Waals surface area contributed by atoms with E-state index in [1.165, 1.54) is 0 Å². The lowest BCUT2D eigenvalue weighted by molar-refractivity contribution is 0.252. The molecule has 33 heavy (non-hydrogen) atoms. The predicted molar refractivity (Wildman–Crippen MR) is 132 cm³/mol. The SMILES string of the molecule is CCNC(=O)Nc1ccc(Nc2nc(Nc3ncc(C)s3)nc(N3CCN(C)CC3)n2)cc1. The molecular weight excluding hydrogens is 440 g/mol. The predicted octanol–water partition coefficient (Wildman–Crippen LogP) is 3.02. The molecule has 1 aliphatic rings. The van der Waals surface area contributed by atoms with Crippen molar-refractivity contribution in [3.63, 3.8) is 0 Å². The molecule has 1 aromatic carbocycles. The highest BCUT2D eigenvalue weighted by molar-refractivity contribution is 7.15. The Morgan fingerprint density at radius 2 is 1.67 bits per heavy atom. The second-order valence-electron chi connectivity index (χ2n) is 7.66. The Morgan fingerprint density at radius 3 is 2.30 bits per heavy atom. The van der Waals surface area contributed by atoms with Gasteiger partial charge in [0, 0.05) is 55.2 Å². The Balaban J connectivity index is 1.53. The summed E-state index contributed by atoms with van der Waals surface area (Å²) in [5.74, 6) is 1.48. The van der Waals surface area contributed by atoms with Crippen LogP contribution >= 0.6 is 11.3 Å². The molecule has 12 heteroatoms. The molecule has 1 saturated heterocycles. The van der Waals surface area contributed by atoms with Gasteiger partial charge in [-0.15, -0.1) is 11.3 Å². The van der Waals surface area contributed by atoms with Crippen LogP contribution in [0.15, 0.2) is 30.5 Å². The molecule has 0 radical (unpaired) electrons. The summed E-state index contributed by atoms with van der Waals surface area (Å²) < 4.78 is 0. The molecule has 0 saturated carbocycles. The van der Waals surface area contributed by atoms with Crippen molar-refractivity contribution in [2.24, 2.45) is 0 Å². The summed E-state index contributed by atoms with van der Waals surface area (Å²) in [4.78, 5) is 35.4. The molecule has 0 atom stereocenters. The van der Waals surface area contributed by atoms with Crippen molar-refractivity contribution in [1.29, 1.82) is 0 Å². The van der Waals surface area contributed by atoms with Gasteiger partial charge >= 0.3 is 6.03 Å². The van der Waals surface area contributed by atoms with Gasteiger partial charge in [-0.05, 0) is 45.2 Å². The molecule has 0 bridgehead atoms. The number of carbonyl (C=O) groups excluding carboxylic acids is 1. The Labute approximate surface area is 196 Å². The van der Waals surface area contributed by atoms with Crippen molar-refractivity contribution in [1.82, 2.24) is 30.2 Å².